The van der Waals surface area contributed by atoms with E-state index >= 15 is 0 Å². The second-order valence-electron chi connectivity index (χ2n) is 21.0. The molecule has 5 N–H and O–H groups in total. The minimum absolute atomic E-state index is 0.0320. The van der Waals surface area contributed by atoms with E-state index in [1.165, 1.54) is 42.6 Å². The minimum atomic E-state index is -4.40. The molecule has 1 unspecified atom stereocenters. The van der Waals surface area contributed by atoms with Gasteiger partial charge in [0.25, 0.3) is 5.91 Å². The van der Waals surface area contributed by atoms with Gasteiger partial charge in [0.15, 0.2) is 0 Å². The van der Waals surface area contributed by atoms with Crippen LogP contribution in [-0.4, -0.2) is 121 Å². The number of ether oxygens (including phenoxy) is 5. The zero-order valence-corrected chi connectivity index (χ0v) is 52.0. The van der Waals surface area contributed by atoms with Gasteiger partial charge in [-0.25, -0.2) is 31.3 Å². The molecule has 1 atom stereocenters. The van der Waals surface area contributed by atoms with Crippen LogP contribution in [0.5, 0.6) is 0 Å². The van der Waals surface area contributed by atoms with Gasteiger partial charge in [0.1, 0.15) is 23.8 Å². The van der Waals surface area contributed by atoms with Crippen molar-refractivity contribution in [3.05, 3.63) is 250 Å². The number of fused-ring (bicyclic) bond motifs is 1. The number of benzene rings is 7. The third-order valence-corrected chi connectivity index (χ3v) is 17.9. The highest BCUT2D eigenvalue weighted by Gasteiger charge is 2.40. The monoisotopic (exact) mass is 1270 g/mol. The summed E-state index contributed by atoms with van der Waals surface area (Å²) in [5.41, 5.74) is 4.95. The summed E-state index contributed by atoms with van der Waals surface area (Å²) >= 11 is 0. The molecule has 2 aromatic heterocycles. The highest BCUT2D eigenvalue weighted by molar-refractivity contribution is 7.89. The highest BCUT2D eigenvalue weighted by Crippen LogP contribution is 2.42. The van der Waals surface area contributed by atoms with Crippen molar-refractivity contribution in [1.82, 2.24) is 34.2 Å². The summed E-state index contributed by atoms with van der Waals surface area (Å²) in [7, 11) is -5.48. The number of aromatic nitrogens is 3. The molecule has 0 aliphatic heterocycles. The Bertz CT molecular complexity index is 4050. The number of alkyl carbamates (subject to hydrolysis) is 1. The van der Waals surface area contributed by atoms with Gasteiger partial charge in [-0.05, 0) is 88.2 Å². The van der Waals surface area contributed by atoms with Crippen molar-refractivity contribution < 1.29 is 54.9 Å². The number of nitrogens with one attached hydrogen (secondary N) is 5. The molecular formula is C68H72N8O13S2. The van der Waals surface area contributed by atoms with Crippen LogP contribution in [0.15, 0.2) is 221 Å². The van der Waals surface area contributed by atoms with E-state index in [4.69, 9.17) is 28.7 Å². The summed E-state index contributed by atoms with van der Waals surface area (Å²) in [6.45, 7) is 2.69. The van der Waals surface area contributed by atoms with E-state index in [1.54, 1.807) is 42.1 Å². The fourth-order valence-electron chi connectivity index (χ4n) is 10.3. The molecular weight excluding hydrogens is 1200 g/mol. The smallest absolute Gasteiger partial charge is 0.407 e. The molecule has 2 heterocycles. The number of amides is 2. The number of esters is 1. The standard InChI is InChI=1S/C68H72N8O13S2/c1-75-48-60(63(77)59-34-25-51(45-62(59)75)46-72-66-69-37-38-76(66)68(54-19-9-4-10-20-54,55-21-11-5-12-22-55)56-23-13-6-14-24-56)64(78)71-47-61(65(79)85-2)74-91(83,84)58-32-28-53(29-33-58)52-26-30-57(31-27-52)90(81,82)73-36-16-40-87-42-44-88-43-41-86-39-15-35-70-67(80)89-49-50-17-7-3-8-18-50/h3-14,17-34,37-38,45,48,61,73-74H,15-16,35-36,39-44,46-47,49H2,1-2H3,(H,69,72)(H,70,80)(H,71,78). The normalized spacial score (nSPS) is 12.1. The van der Waals surface area contributed by atoms with Crippen molar-refractivity contribution in [3.8, 4) is 11.1 Å². The maximum Gasteiger partial charge on any atom is 0.407 e. The van der Waals surface area contributed by atoms with Gasteiger partial charge in [0.05, 0.1) is 48.8 Å². The summed E-state index contributed by atoms with van der Waals surface area (Å²) in [5.74, 6) is -1.23. The number of carbonyl (C=O) groups excluding carboxylic acids is 3. The molecule has 7 aromatic carbocycles. The van der Waals surface area contributed by atoms with Crippen LogP contribution in [0.25, 0.3) is 22.0 Å². The number of methoxy groups -OCH3 is 1. The van der Waals surface area contributed by atoms with Crippen LogP contribution in [0, 0.1) is 0 Å². The number of rotatable bonds is 33. The molecule has 21 nitrogen and oxygen atoms in total. The van der Waals surface area contributed by atoms with Gasteiger partial charge in [-0.15, -0.1) is 0 Å². The Labute approximate surface area is 528 Å². The number of anilines is 1. The van der Waals surface area contributed by atoms with Gasteiger partial charge in [-0.2, -0.15) is 4.72 Å². The van der Waals surface area contributed by atoms with Crippen LogP contribution in [0.2, 0.25) is 0 Å². The largest absolute Gasteiger partial charge is 0.468 e. The fourth-order valence-corrected chi connectivity index (χ4v) is 12.6. The first-order valence-electron chi connectivity index (χ1n) is 29.5. The first-order chi connectivity index (χ1) is 44.2. The van der Waals surface area contributed by atoms with Crippen molar-refractivity contribution in [3.63, 3.8) is 0 Å². The van der Waals surface area contributed by atoms with Crippen LogP contribution in [-0.2, 0) is 74.3 Å². The van der Waals surface area contributed by atoms with Gasteiger partial charge in [0.2, 0.25) is 31.4 Å². The van der Waals surface area contributed by atoms with Crippen molar-refractivity contribution in [1.29, 1.82) is 0 Å². The Kier molecular flexibility index (Phi) is 23.2. The lowest BCUT2D eigenvalue weighted by Crippen LogP contribution is -2.49. The van der Waals surface area contributed by atoms with E-state index in [-0.39, 0.29) is 33.9 Å². The van der Waals surface area contributed by atoms with Gasteiger partial charge in [-0.3, -0.25) is 19.0 Å². The number of imidazole rings is 1. The number of sulfonamides is 2. The molecule has 0 radical (unpaired) electrons. The molecule has 0 bridgehead atoms. The molecule has 474 valence electrons. The number of nitrogens with zero attached hydrogens (tertiary/aromatic N) is 3. The third-order valence-electron chi connectivity index (χ3n) is 14.9. The zero-order chi connectivity index (χ0) is 64.1. The topological polar surface area (TPSA) is 266 Å². The van der Waals surface area contributed by atoms with Crippen LogP contribution in [0.1, 0.15) is 51.0 Å². The molecule has 0 aliphatic carbocycles. The second-order valence-corrected chi connectivity index (χ2v) is 24.5. The maximum absolute atomic E-state index is 14.0. The Morgan fingerprint density at radius 3 is 1.69 bits per heavy atom. The minimum Gasteiger partial charge on any atom is -0.468 e. The summed E-state index contributed by atoms with van der Waals surface area (Å²) < 4.78 is 88.9. The average Bonchev–Trinajstić information content (AvgIpc) is 1.72. The number of hydrogen-bond donors (Lipinski definition) is 5. The van der Waals surface area contributed by atoms with Crippen molar-refractivity contribution in [2.45, 2.75) is 47.4 Å². The SMILES string of the molecule is COC(=O)C(CNC(=O)c1cn(C)c2cc(CNc3nccn3C(c3ccccc3)(c3ccccc3)c3ccccc3)ccc2c1=O)NS(=O)(=O)c1ccc(-c2ccc(S(=O)(=O)NCCCOCCOCCOCCCNC(=O)OCc3ccccc3)cc2)cc1. The van der Waals surface area contributed by atoms with Gasteiger partial charge < -0.3 is 44.2 Å². The maximum atomic E-state index is 14.0. The average molecular weight is 1270 g/mol. The molecule has 9 aromatic rings. The number of aryl methyl sites for hydroxylation is 1. The molecule has 0 fully saturated rings. The summed E-state index contributed by atoms with van der Waals surface area (Å²) in [6, 6.07) is 55.6. The molecule has 0 aliphatic rings. The lowest BCUT2D eigenvalue weighted by molar-refractivity contribution is -0.142. The van der Waals surface area contributed by atoms with Crippen LogP contribution in [0.4, 0.5) is 10.7 Å². The second kappa shape index (κ2) is 31.9. The summed E-state index contributed by atoms with van der Waals surface area (Å²) in [6.07, 6.45) is 5.66. The summed E-state index contributed by atoms with van der Waals surface area (Å²) in [5, 5.41) is 9.02. The Hall–Kier alpha value is -9.33. The van der Waals surface area contributed by atoms with Crippen molar-refractivity contribution in [2.24, 2.45) is 7.05 Å². The third kappa shape index (κ3) is 17.1. The Morgan fingerprint density at radius 2 is 1.13 bits per heavy atom. The van der Waals surface area contributed by atoms with Crippen LogP contribution >= 0.6 is 0 Å². The Balaban J connectivity index is 0.720. The predicted molar refractivity (Wildman–Crippen MR) is 345 cm³/mol. The van der Waals surface area contributed by atoms with E-state index < -0.39 is 61.6 Å². The van der Waals surface area contributed by atoms with E-state index in [2.05, 4.69) is 66.4 Å². The molecule has 2 amide bonds. The molecule has 23 heteroatoms. The molecule has 9 rings (SSSR count). The quantitative estimate of drug-likeness (QED) is 0.0148. The molecule has 91 heavy (non-hydrogen) atoms. The predicted octanol–water partition coefficient (Wildman–Crippen LogP) is 8.14. The van der Waals surface area contributed by atoms with E-state index in [0.29, 0.717) is 88.2 Å². The number of pyridine rings is 1. The number of hydrogen-bond acceptors (Lipinski definition) is 15. The van der Waals surface area contributed by atoms with Gasteiger partial charge >= 0.3 is 12.1 Å². The van der Waals surface area contributed by atoms with Crippen LogP contribution in [0.3, 0.4) is 0 Å². The Morgan fingerprint density at radius 1 is 0.604 bits per heavy atom. The highest BCUT2D eigenvalue weighted by atomic mass is 32.2. The lowest BCUT2D eigenvalue weighted by Gasteiger charge is -2.38. The zero-order valence-electron chi connectivity index (χ0n) is 50.4. The van der Waals surface area contributed by atoms with E-state index in [1.807, 2.05) is 97.2 Å². The fraction of sp³-hybridized carbons (Fsp3) is 0.250. The van der Waals surface area contributed by atoms with Crippen molar-refractivity contribution >= 4 is 54.9 Å². The lowest BCUT2D eigenvalue weighted by atomic mass is 9.76. The van der Waals surface area contributed by atoms with Crippen LogP contribution < -0.4 is 30.8 Å². The molecule has 0 saturated carbocycles. The van der Waals surface area contributed by atoms with Crippen molar-refractivity contribution in [2.75, 3.05) is 71.7 Å². The van der Waals surface area contributed by atoms with E-state index in [9.17, 15) is 36.0 Å². The first-order valence-corrected chi connectivity index (χ1v) is 32.5. The summed E-state index contributed by atoms with van der Waals surface area (Å²) in [4.78, 5) is 57.1. The van der Waals surface area contributed by atoms with Gasteiger partial charge in [0, 0.05) is 70.4 Å². The number of carbonyl (C=O) groups is 3. The first kappa shape index (κ1) is 66.1. The van der Waals surface area contributed by atoms with E-state index in [0.717, 1.165) is 34.9 Å². The van der Waals surface area contributed by atoms with Gasteiger partial charge in [-0.1, -0.05) is 152 Å². The molecule has 0 spiro atoms. The molecule has 0 saturated heterocycles.